The molecule has 1 aromatic heterocycles. The van der Waals surface area contributed by atoms with Crippen molar-refractivity contribution in [1.29, 1.82) is 0 Å². The lowest BCUT2D eigenvalue weighted by atomic mass is 10.0. The summed E-state index contributed by atoms with van der Waals surface area (Å²) in [6.45, 7) is 0. The Hall–Kier alpha value is -2.11. The van der Waals surface area contributed by atoms with Gasteiger partial charge in [0.1, 0.15) is 5.51 Å². The monoisotopic (exact) mass is 302 g/mol. The Balaban J connectivity index is 1.96. The Bertz CT molecular complexity index is 711. The highest BCUT2D eigenvalue weighted by atomic mass is 35.5. The van der Waals surface area contributed by atoms with Gasteiger partial charge in [-0.3, -0.25) is 0 Å². The van der Waals surface area contributed by atoms with Crippen LogP contribution in [0.3, 0.4) is 0 Å². The van der Waals surface area contributed by atoms with Gasteiger partial charge in [0, 0.05) is 22.0 Å². The summed E-state index contributed by atoms with van der Waals surface area (Å²) in [7, 11) is 0. The molecule has 0 saturated carbocycles. The summed E-state index contributed by atoms with van der Waals surface area (Å²) in [5.41, 5.74) is 11.3. The summed E-state index contributed by atoms with van der Waals surface area (Å²) in [4.78, 5) is 0. The van der Waals surface area contributed by atoms with E-state index in [1.165, 1.54) is 11.3 Å². The molecule has 0 spiro atoms. The number of anilines is 3. The van der Waals surface area contributed by atoms with E-state index in [1.54, 1.807) is 5.51 Å². The molecule has 0 aliphatic carbocycles. The molecule has 6 heteroatoms. The number of nitrogen functional groups attached to an aromatic ring is 1. The fourth-order valence-corrected chi connectivity index (χ4v) is 2.46. The molecule has 1 heterocycles. The molecular formula is C14H11ClN4S. The number of rotatable bonds is 3. The first-order chi connectivity index (χ1) is 9.72. The Morgan fingerprint density at radius 2 is 1.90 bits per heavy atom. The number of nitrogens with one attached hydrogen (secondary N) is 1. The molecule has 3 rings (SSSR count). The number of aromatic nitrogens is 2. The lowest BCUT2D eigenvalue weighted by Crippen LogP contribution is -1.94. The Labute approximate surface area is 125 Å². The number of nitrogens with two attached hydrogens (primary N) is 1. The number of halogens is 1. The molecule has 0 aliphatic rings. The van der Waals surface area contributed by atoms with E-state index in [9.17, 15) is 0 Å². The first-order valence-corrected chi connectivity index (χ1v) is 7.17. The molecule has 0 aliphatic heterocycles. The van der Waals surface area contributed by atoms with Crippen LogP contribution in [0.1, 0.15) is 0 Å². The third-order valence-electron chi connectivity index (χ3n) is 2.82. The molecule has 3 aromatic rings. The molecular weight excluding hydrogens is 292 g/mol. The van der Waals surface area contributed by atoms with Gasteiger partial charge in [-0.2, -0.15) is 0 Å². The van der Waals surface area contributed by atoms with Gasteiger partial charge in [-0.1, -0.05) is 35.1 Å². The topological polar surface area (TPSA) is 63.8 Å². The second-order valence-electron chi connectivity index (χ2n) is 4.18. The largest absolute Gasteiger partial charge is 0.398 e. The van der Waals surface area contributed by atoms with Gasteiger partial charge in [-0.15, -0.1) is 10.2 Å². The van der Waals surface area contributed by atoms with E-state index in [0.29, 0.717) is 5.02 Å². The quantitative estimate of drug-likeness (QED) is 0.712. The van der Waals surface area contributed by atoms with Crippen LogP contribution in [0.2, 0.25) is 5.02 Å². The van der Waals surface area contributed by atoms with Gasteiger partial charge in [-0.05, 0) is 35.9 Å². The highest BCUT2D eigenvalue weighted by molar-refractivity contribution is 7.13. The van der Waals surface area contributed by atoms with Crippen molar-refractivity contribution in [2.24, 2.45) is 0 Å². The van der Waals surface area contributed by atoms with Crippen LogP contribution in [0.4, 0.5) is 16.5 Å². The van der Waals surface area contributed by atoms with E-state index in [0.717, 1.165) is 27.6 Å². The van der Waals surface area contributed by atoms with Crippen molar-refractivity contribution < 1.29 is 0 Å². The highest BCUT2D eigenvalue weighted by Gasteiger charge is 2.05. The molecule has 20 heavy (non-hydrogen) atoms. The molecule has 0 atom stereocenters. The molecule has 0 bridgehead atoms. The van der Waals surface area contributed by atoms with Crippen LogP contribution >= 0.6 is 22.9 Å². The molecule has 2 aromatic carbocycles. The minimum Gasteiger partial charge on any atom is -0.398 e. The van der Waals surface area contributed by atoms with Gasteiger partial charge >= 0.3 is 0 Å². The number of hydrogen-bond acceptors (Lipinski definition) is 5. The van der Waals surface area contributed by atoms with Crippen molar-refractivity contribution in [3.8, 4) is 11.1 Å². The predicted octanol–water partition coefficient (Wildman–Crippen LogP) is 4.18. The van der Waals surface area contributed by atoms with Crippen LogP contribution in [0, 0.1) is 0 Å². The van der Waals surface area contributed by atoms with Crippen molar-refractivity contribution in [2.75, 3.05) is 11.1 Å². The van der Waals surface area contributed by atoms with E-state index in [4.69, 9.17) is 17.3 Å². The zero-order valence-electron chi connectivity index (χ0n) is 10.4. The molecule has 0 fully saturated rings. The third-order valence-corrected chi connectivity index (χ3v) is 3.68. The average molecular weight is 303 g/mol. The molecule has 0 radical (unpaired) electrons. The van der Waals surface area contributed by atoms with Crippen LogP contribution < -0.4 is 11.1 Å². The van der Waals surface area contributed by atoms with Gasteiger partial charge < -0.3 is 11.1 Å². The van der Waals surface area contributed by atoms with Crippen molar-refractivity contribution >= 4 is 39.4 Å². The molecule has 0 saturated heterocycles. The SMILES string of the molecule is Nc1ccc(Nc2nncs2)cc1-c1ccc(Cl)cc1. The average Bonchev–Trinajstić information content (AvgIpc) is 2.95. The number of benzene rings is 2. The van der Waals surface area contributed by atoms with E-state index >= 15 is 0 Å². The normalized spacial score (nSPS) is 10.4. The first kappa shape index (κ1) is 12.9. The Kier molecular flexibility index (Phi) is 3.54. The molecule has 0 unspecified atom stereocenters. The van der Waals surface area contributed by atoms with Crippen LogP contribution in [-0.4, -0.2) is 10.2 Å². The van der Waals surface area contributed by atoms with Gasteiger partial charge in [0.25, 0.3) is 0 Å². The smallest absolute Gasteiger partial charge is 0.209 e. The van der Waals surface area contributed by atoms with E-state index < -0.39 is 0 Å². The van der Waals surface area contributed by atoms with Crippen molar-refractivity contribution in [2.45, 2.75) is 0 Å². The zero-order valence-corrected chi connectivity index (χ0v) is 11.9. The van der Waals surface area contributed by atoms with Crippen LogP contribution in [0.25, 0.3) is 11.1 Å². The summed E-state index contributed by atoms with van der Waals surface area (Å²) in [5, 5.41) is 12.4. The summed E-state index contributed by atoms with van der Waals surface area (Å²) in [5.74, 6) is 0. The second-order valence-corrected chi connectivity index (χ2v) is 5.45. The predicted molar refractivity (Wildman–Crippen MR) is 84.5 cm³/mol. The lowest BCUT2D eigenvalue weighted by Gasteiger charge is -2.09. The summed E-state index contributed by atoms with van der Waals surface area (Å²) >= 11 is 7.35. The maximum atomic E-state index is 6.05. The van der Waals surface area contributed by atoms with E-state index in [2.05, 4.69) is 15.5 Å². The lowest BCUT2D eigenvalue weighted by molar-refractivity contribution is 1.09. The van der Waals surface area contributed by atoms with Crippen LogP contribution in [0.15, 0.2) is 48.0 Å². The van der Waals surface area contributed by atoms with Crippen LogP contribution in [0.5, 0.6) is 0 Å². The van der Waals surface area contributed by atoms with Gasteiger partial charge in [0.15, 0.2) is 0 Å². The first-order valence-electron chi connectivity index (χ1n) is 5.91. The second kappa shape index (κ2) is 5.48. The Morgan fingerprint density at radius 3 is 2.60 bits per heavy atom. The standard InChI is InChI=1S/C14H11ClN4S/c15-10-3-1-9(2-4-10)12-7-11(5-6-13(12)16)18-14-19-17-8-20-14/h1-8H,16H2,(H,18,19). The van der Waals surface area contributed by atoms with Gasteiger partial charge in [0.2, 0.25) is 5.13 Å². The zero-order chi connectivity index (χ0) is 13.9. The molecule has 3 N–H and O–H groups in total. The summed E-state index contributed by atoms with van der Waals surface area (Å²) < 4.78 is 0. The fraction of sp³-hybridized carbons (Fsp3) is 0. The van der Waals surface area contributed by atoms with Gasteiger partial charge in [-0.25, -0.2) is 0 Å². The van der Waals surface area contributed by atoms with E-state index in [1.807, 2.05) is 42.5 Å². The minimum atomic E-state index is 0.704. The van der Waals surface area contributed by atoms with E-state index in [-0.39, 0.29) is 0 Å². The summed E-state index contributed by atoms with van der Waals surface area (Å²) in [6.07, 6.45) is 0. The van der Waals surface area contributed by atoms with Crippen molar-refractivity contribution in [3.63, 3.8) is 0 Å². The minimum absolute atomic E-state index is 0.704. The molecule has 100 valence electrons. The number of hydrogen-bond donors (Lipinski definition) is 2. The molecule has 0 amide bonds. The highest BCUT2D eigenvalue weighted by Crippen LogP contribution is 2.31. The van der Waals surface area contributed by atoms with Gasteiger partial charge in [0.05, 0.1) is 0 Å². The fourth-order valence-electron chi connectivity index (χ4n) is 1.86. The maximum Gasteiger partial charge on any atom is 0.209 e. The third kappa shape index (κ3) is 2.74. The Morgan fingerprint density at radius 1 is 1.10 bits per heavy atom. The maximum absolute atomic E-state index is 6.05. The van der Waals surface area contributed by atoms with Crippen molar-refractivity contribution in [3.05, 3.63) is 53.0 Å². The number of nitrogens with zero attached hydrogens (tertiary/aromatic N) is 2. The summed E-state index contributed by atoms with van der Waals surface area (Å²) in [6, 6.07) is 13.4. The van der Waals surface area contributed by atoms with Crippen molar-refractivity contribution in [1.82, 2.24) is 10.2 Å². The molecule has 4 nitrogen and oxygen atoms in total. The van der Waals surface area contributed by atoms with Crippen LogP contribution in [-0.2, 0) is 0 Å².